The standard InChI is InChI=1S/C62H117N2O7P/c1-7-10-13-16-19-22-25-27-29-31-32-33-35-37-40-43-46-49-52-55-62(66)71-60(53-50-47-44-41-38-24-21-18-15-12-9-3)59(58-70-72(67,68)69-57-56-64(4,5)6)63-61(65)54-51-48-45-42-39-36-34-30-28-26-23-20-17-14-11-8-2/h27,29-30,34,36,39,50,53,59-60H,7-26,28,31-33,35,37-38,40-49,51-52,54-58H2,1-6H3,(H-,63,65,67,68)/p+1/b29-27+,34-30+,39-36+,53-50+. The number of phosphoric acid groups is 1. The first kappa shape index (κ1) is 70.0. The number of rotatable bonds is 55. The summed E-state index contributed by atoms with van der Waals surface area (Å²) < 4.78 is 30.6. The maximum atomic E-state index is 13.5. The van der Waals surface area contributed by atoms with E-state index >= 15 is 0 Å². The van der Waals surface area contributed by atoms with Crippen molar-refractivity contribution in [1.29, 1.82) is 0 Å². The quantitative estimate of drug-likeness (QED) is 0.0156. The zero-order valence-electron chi connectivity index (χ0n) is 48.2. The molecule has 422 valence electrons. The van der Waals surface area contributed by atoms with Crippen LogP contribution in [0.3, 0.4) is 0 Å². The summed E-state index contributed by atoms with van der Waals surface area (Å²) in [5, 5.41) is 3.04. The molecule has 3 atom stereocenters. The smallest absolute Gasteiger partial charge is 0.456 e. The molecule has 0 rings (SSSR count). The van der Waals surface area contributed by atoms with Crippen molar-refractivity contribution >= 4 is 19.7 Å². The molecule has 9 nitrogen and oxygen atoms in total. The van der Waals surface area contributed by atoms with Crippen molar-refractivity contribution in [2.45, 2.75) is 296 Å². The normalized spacial score (nSPS) is 14.0. The molecule has 3 unspecified atom stereocenters. The van der Waals surface area contributed by atoms with Gasteiger partial charge in [0, 0.05) is 12.8 Å². The minimum Gasteiger partial charge on any atom is -0.456 e. The molecule has 0 heterocycles. The van der Waals surface area contributed by atoms with Crippen LogP contribution in [0.2, 0.25) is 0 Å². The number of ether oxygens (including phenoxy) is 1. The van der Waals surface area contributed by atoms with Gasteiger partial charge in [-0.2, -0.15) is 0 Å². The number of likely N-dealkylation sites (N-methyl/N-ethyl adjacent to an activating group) is 1. The predicted molar refractivity (Wildman–Crippen MR) is 309 cm³/mol. The van der Waals surface area contributed by atoms with Crippen LogP contribution in [0.15, 0.2) is 48.6 Å². The highest BCUT2D eigenvalue weighted by molar-refractivity contribution is 7.47. The van der Waals surface area contributed by atoms with Crippen LogP contribution in [0.25, 0.3) is 0 Å². The molecule has 0 spiro atoms. The molecule has 0 aliphatic carbocycles. The lowest BCUT2D eigenvalue weighted by molar-refractivity contribution is -0.870. The number of esters is 1. The van der Waals surface area contributed by atoms with Crippen molar-refractivity contribution in [2.75, 3.05) is 40.9 Å². The van der Waals surface area contributed by atoms with Gasteiger partial charge in [-0.3, -0.25) is 18.6 Å². The van der Waals surface area contributed by atoms with E-state index in [-0.39, 0.29) is 31.5 Å². The van der Waals surface area contributed by atoms with Gasteiger partial charge in [-0.15, -0.1) is 0 Å². The Kier molecular flexibility index (Phi) is 50.9. The molecule has 0 aromatic carbocycles. The topological polar surface area (TPSA) is 111 Å². The van der Waals surface area contributed by atoms with Gasteiger partial charge >= 0.3 is 13.8 Å². The van der Waals surface area contributed by atoms with E-state index in [2.05, 4.69) is 62.5 Å². The van der Waals surface area contributed by atoms with Gasteiger partial charge in [0.05, 0.1) is 33.8 Å². The number of carbonyl (C=O) groups excluding carboxylic acids is 2. The SMILES string of the molecule is CCCCCCCC/C=C/CCCCCCCCCCCC(=O)OC(/C=C/CCCCCCCCCCC)C(COP(=O)(O)OCC[N+](C)(C)C)NC(=O)CCCCC/C=C/C=C/CCCCCCCCC. The van der Waals surface area contributed by atoms with Gasteiger partial charge in [-0.25, -0.2) is 4.57 Å². The number of carbonyl (C=O) groups is 2. The van der Waals surface area contributed by atoms with E-state index in [0.29, 0.717) is 23.9 Å². The molecule has 0 saturated heterocycles. The lowest BCUT2D eigenvalue weighted by Crippen LogP contribution is -2.47. The van der Waals surface area contributed by atoms with E-state index in [0.717, 1.165) is 64.2 Å². The maximum Gasteiger partial charge on any atom is 0.472 e. The third-order valence-corrected chi connectivity index (χ3v) is 14.5. The third kappa shape index (κ3) is 52.8. The van der Waals surface area contributed by atoms with Crippen molar-refractivity contribution in [3.8, 4) is 0 Å². The van der Waals surface area contributed by atoms with E-state index in [4.69, 9.17) is 13.8 Å². The van der Waals surface area contributed by atoms with Gasteiger partial charge in [0.2, 0.25) is 5.91 Å². The first-order valence-corrected chi connectivity index (χ1v) is 32.0. The fourth-order valence-electron chi connectivity index (χ4n) is 8.75. The zero-order valence-corrected chi connectivity index (χ0v) is 49.1. The first-order valence-electron chi connectivity index (χ1n) is 30.5. The molecule has 0 aromatic heterocycles. The highest BCUT2D eigenvalue weighted by Crippen LogP contribution is 2.43. The fourth-order valence-corrected chi connectivity index (χ4v) is 9.49. The Morgan fingerprint density at radius 1 is 0.486 bits per heavy atom. The van der Waals surface area contributed by atoms with Crippen LogP contribution in [0, 0.1) is 0 Å². The van der Waals surface area contributed by atoms with Gasteiger partial charge in [-0.1, -0.05) is 237 Å². The molecule has 72 heavy (non-hydrogen) atoms. The van der Waals surface area contributed by atoms with Gasteiger partial charge in [-0.05, 0) is 83.1 Å². The largest absolute Gasteiger partial charge is 0.472 e. The zero-order chi connectivity index (χ0) is 52.9. The van der Waals surface area contributed by atoms with Gasteiger partial charge in [0.1, 0.15) is 19.3 Å². The summed E-state index contributed by atoms with van der Waals surface area (Å²) in [6.07, 6.45) is 63.9. The number of nitrogens with zero attached hydrogens (tertiary/aromatic N) is 1. The number of amides is 1. The van der Waals surface area contributed by atoms with Crippen molar-refractivity contribution < 1.29 is 37.3 Å². The summed E-state index contributed by atoms with van der Waals surface area (Å²) in [5.41, 5.74) is 0. The lowest BCUT2D eigenvalue weighted by Gasteiger charge is -2.27. The molecule has 10 heteroatoms. The summed E-state index contributed by atoms with van der Waals surface area (Å²) in [7, 11) is 1.48. The van der Waals surface area contributed by atoms with Gasteiger partial charge in [0.25, 0.3) is 0 Å². The van der Waals surface area contributed by atoms with Crippen molar-refractivity contribution in [1.82, 2.24) is 5.32 Å². The molecule has 0 saturated carbocycles. The van der Waals surface area contributed by atoms with Gasteiger partial charge < -0.3 is 19.4 Å². The number of unbranched alkanes of at least 4 members (excludes halogenated alkanes) is 34. The second kappa shape index (κ2) is 52.4. The first-order chi connectivity index (χ1) is 34.9. The van der Waals surface area contributed by atoms with Crippen LogP contribution in [0.1, 0.15) is 284 Å². The summed E-state index contributed by atoms with van der Waals surface area (Å²) in [6.45, 7) is 6.99. The molecule has 0 aromatic rings. The predicted octanol–water partition coefficient (Wildman–Crippen LogP) is 18.5. The van der Waals surface area contributed by atoms with Crippen LogP contribution >= 0.6 is 7.82 Å². The van der Waals surface area contributed by atoms with E-state index in [1.807, 2.05) is 33.3 Å². The number of nitrogens with one attached hydrogen (secondary N) is 1. The van der Waals surface area contributed by atoms with Crippen LogP contribution < -0.4 is 5.32 Å². The van der Waals surface area contributed by atoms with E-state index in [1.165, 1.54) is 180 Å². The second-order valence-electron chi connectivity index (χ2n) is 21.9. The molecule has 0 radical (unpaired) electrons. The maximum absolute atomic E-state index is 13.5. The minimum atomic E-state index is -4.45. The molecule has 1 amide bonds. The number of allylic oxidation sites excluding steroid dienone is 7. The highest BCUT2D eigenvalue weighted by atomic mass is 31.2. The van der Waals surface area contributed by atoms with Crippen LogP contribution in [-0.2, 0) is 27.9 Å². The van der Waals surface area contributed by atoms with Crippen LogP contribution in [0.5, 0.6) is 0 Å². The Bertz CT molecular complexity index is 1380. The Hall–Kier alpha value is -2.03. The average molecular weight is 1030 g/mol. The minimum absolute atomic E-state index is 0.0351. The van der Waals surface area contributed by atoms with E-state index in [1.54, 1.807) is 0 Å². The van der Waals surface area contributed by atoms with E-state index in [9.17, 15) is 19.0 Å². The van der Waals surface area contributed by atoms with Crippen molar-refractivity contribution in [2.24, 2.45) is 0 Å². The monoisotopic (exact) mass is 1030 g/mol. The van der Waals surface area contributed by atoms with E-state index < -0.39 is 20.0 Å². The average Bonchev–Trinajstić information content (AvgIpc) is 3.34. The number of phosphoric ester groups is 1. The Morgan fingerprint density at radius 3 is 1.28 bits per heavy atom. The molecular weight excluding hydrogens is 916 g/mol. The number of quaternary nitrogens is 1. The van der Waals surface area contributed by atoms with Gasteiger partial charge in [0.15, 0.2) is 0 Å². The molecule has 0 aliphatic heterocycles. The van der Waals surface area contributed by atoms with Crippen LogP contribution in [-0.4, -0.2) is 74.3 Å². The Balaban J connectivity index is 5.27. The summed E-state index contributed by atoms with van der Waals surface area (Å²) in [5.74, 6) is -0.532. The molecule has 0 aliphatic rings. The Morgan fingerprint density at radius 2 is 0.847 bits per heavy atom. The Labute approximate surface area is 446 Å². The number of hydrogen-bond acceptors (Lipinski definition) is 6. The second-order valence-corrected chi connectivity index (χ2v) is 23.4. The molecular formula is C62H118N2O7P+. The summed E-state index contributed by atoms with van der Waals surface area (Å²) >= 11 is 0. The third-order valence-electron chi connectivity index (χ3n) is 13.5. The highest BCUT2D eigenvalue weighted by Gasteiger charge is 2.30. The number of hydrogen-bond donors (Lipinski definition) is 2. The molecule has 0 fully saturated rings. The molecule has 0 bridgehead atoms. The lowest BCUT2D eigenvalue weighted by atomic mass is 10.0. The van der Waals surface area contributed by atoms with Crippen molar-refractivity contribution in [3.05, 3.63) is 48.6 Å². The summed E-state index contributed by atoms with van der Waals surface area (Å²) in [6, 6.07) is -0.861. The van der Waals surface area contributed by atoms with Crippen molar-refractivity contribution in [3.63, 3.8) is 0 Å². The van der Waals surface area contributed by atoms with Crippen LogP contribution in [0.4, 0.5) is 0 Å². The summed E-state index contributed by atoms with van der Waals surface area (Å²) in [4.78, 5) is 37.6. The molecule has 2 N–H and O–H groups in total. The fraction of sp³-hybridized carbons (Fsp3) is 0.839.